The van der Waals surface area contributed by atoms with Crippen molar-refractivity contribution in [3.63, 3.8) is 0 Å². The molecule has 0 radical (unpaired) electrons. The van der Waals surface area contributed by atoms with Crippen LogP contribution in [-0.4, -0.2) is 27.2 Å². The Morgan fingerprint density at radius 3 is 2.83 bits per heavy atom. The largest absolute Gasteiger partial charge is 0.326 e. The molecule has 1 aromatic heterocycles. The van der Waals surface area contributed by atoms with Crippen molar-refractivity contribution in [1.82, 2.24) is 10.3 Å². The lowest BCUT2D eigenvalue weighted by Crippen LogP contribution is -2.28. The maximum atomic E-state index is 12.1. The summed E-state index contributed by atoms with van der Waals surface area (Å²) in [4.78, 5) is 32.6. The fraction of sp³-hybridized carbons (Fsp3) is 0.176. The zero-order valence-corrected chi connectivity index (χ0v) is 13.8. The molecule has 1 aromatic carbocycles. The van der Waals surface area contributed by atoms with Crippen LogP contribution < -0.4 is 10.6 Å². The van der Waals surface area contributed by atoms with Gasteiger partial charge in [0.1, 0.15) is 5.25 Å². The summed E-state index contributed by atoms with van der Waals surface area (Å²) in [5, 5.41) is 5.46. The van der Waals surface area contributed by atoms with E-state index in [-0.39, 0.29) is 18.2 Å². The van der Waals surface area contributed by atoms with E-state index >= 15 is 0 Å². The van der Waals surface area contributed by atoms with Crippen LogP contribution in [0, 0.1) is 6.92 Å². The normalized spacial score (nSPS) is 18.5. The van der Waals surface area contributed by atoms with Gasteiger partial charge in [0.15, 0.2) is 11.0 Å². The molecule has 2 aromatic rings. The zero-order valence-electron chi connectivity index (χ0n) is 13.0. The van der Waals surface area contributed by atoms with Crippen molar-refractivity contribution in [3.05, 3.63) is 54.2 Å². The van der Waals surface area contributed by atoms with Gasteiger partial charge < -0.3 is 10.6 Å². The second kappa shape index (κ2) is 7.27. The number of aromatic nitrogens is 1. The number of hydrogen-bond donors (Lipinski definition) is 2. The maximum Gasteiger partial charge on any atom is 0.240 e. The van der Waals surface area contributed by atoms with Gasteiger partial charge in [-0.3, -0.25) is 9.59 Å². The van der Waals surface area contributed by atoms with E-state index in [0.717, 1.165) is 5.56 Å². The van der Waals surface area contributed by atoms with E-state index in [9.17, 15) is 9.59 Å². The van der Waals surface area contributed by atoms with Gasteiger partial charge in [-0.1, -0.05) is 36.0 Å². The van der Waals surface area contributed by atoms with Crippen LogP contribution >= 0.6 is 11.8 Å². The second-order valence-electron chi connectivity index (χ2n) is 5.27. The summed E-state index contributed by atoms with van der Waals surface area (Å²) in [5.74, 6) is 0.148. The number of carbonyl (C=O) groups is 2. The molecule has 1 aliphatic heterocycles. The average molecular weight is 340 g/mol. The molecule has 7 heteroatoms. The number of hydrogen-bond acceptors (Lipinski definition) is 5. The molecule has 2 N–H and O–H groups in total. The minimum atomic E-state index is -0.489. The number of anilines is 1. The topological polar surface area (TPSA) is 83.5 Å². The predicted molar refractivity (Wildman–Crippen MR) is 95.3 cm³/mol. The lowest BCUT2D eigenvalue weighted by Gasteiger charge is -2.07. The molecule has 0 spiro atoms. The van der Waals surface area contributed by atoms with Crippen LogP contribution in [0.4, 0.5) is 11.5 Å². The van der Waals surface area contributed by atoms with Gasteiger partial charge >= 0.3 is 0 Å². The number of aryl methyl sites for hydroxylation is 1. The Hall–Kier alpha value is -2.67. The number of pyridine rings is 1. The van der Waals surface area contributed by atoms with Crippen LogP contribution in [0.2, 0.25) is 0 Å². The minimum Gasteiger partial charge on any atom is -0.326 e. The lowest BCUT2D eigenvalue weighted by molar-refractivity contribution is -0.122. The van der Waals surface area contributed by atoms with Crippen LogP contribution in [0.1, 0.15) is 12.0 Å². The van der Waals surface area contributed by atoms with Crippen molar-refractivity contribution in [2.45, 2.75) is 18.6 Å². The van der Waals surface area contributed by atoms with E-state index in [0.29, 0.717) is 16.7 Å². The number of amides is 2. The Labute approximate surface area is 143 Å². The van der Waals surface area contributed by atoms with E-state index in [2.05, 4.69) is 20.6 Å². The average Bonchev–Trinajstić information content (AvgIpc) is 2.90. The van der Waals surface area contributed by atoms with Gasteiger partial charge in [-0.2, -0.15) is 0 Å². The van der Waals surface area contributed by atoms with Gasteiger partial charge in [0.2, 0.25) is 11.8 Å². The first kappa shape index (κ1) is 16.2. The minimum absolute atomic E-state index is 0.0889. The van der Waals surface area contributed by atoms with Crippen molar-refractivity contribution < 1.29 is 9.59 Å². The van der Waals surface area contributed by atoms with Crippen molar-refractivity contribution in [2.75, 3.05) is 5.32 Å². The van der Waals surface area contributed by atoms with Crippen molar-refractivity contribution in [2.24, 2.45) is 4.99 Å². The Balaban J connectivity index is 1.63. The van der Waals surface area contributed by atoms with Gasteiger partial charge in [0, 0.05) is 18.3 Å². The molecule has 0 bridgehead atoms. The molecule has 2 amide bonds. The monoisotopic (exact) mass is 340 g/mol. The first-order chi connectivity index (χ1) is 11.6. The molecule has 2 heterocycles. The molecule has 1 unspecified atom stereocenters. The lowest BCUT2D eigenvalue weighted by atomic mass is 10.2. The van der Waals surface area contributed by atoms with E-state index in [4.69, 9.17) is 0 Å². The number of thioether (sulfide) groups is 1. The molecule has 122 valence electrons. The molecule has 1 aliphatic rings. The number of nitrogens with one attached hydrogen (secondary N) is 2. The molecular weight excluding hydrogens is 324 g/mol. The number of para-hydroxylation sites is 1. The molecule has 1 saturated heterocycles. The molecule has 0 saturated carbocycles. The first-order valence-electron chi connectivity index (χ1n) is 7.44. The SMILES string of the molecule is Cc1cccnc1/N=C1/NC(=O)C(CC(=O)Nc2ccccc2)S1. The Kier molecular flexibility index (Phi) is 4.90. The molecule has 6 nitrogen and oxygen atoms in total. The van der Waals surface area contributed by atoms with Gasteiger partial charge in [0.05, 0.1) is 0 Å². The Morgan fingerprint density at radius 2 is 2.08 bits per heavy atom. The van der Waals surface area contributed by atoms with E-state index in [1.54, 1.807) is 18.3 Å². The number of benzene rings is 1. The van der Waals surface area contributed by atoms with E-state index < -0.39 is 5.25 Å². The highest BCUT2D eigenvalue weighted by Gasteiger charge is 2.32. The summed E-state index contributed by atoms with van der Waals surface area (Å²) >= 11 is 1.25. The number of nitrogens with zero attached hydrogens (tertiary/aromatic N) is 2. The molecule has 1 atom stereocenters. The third-order valence-electron chi connectivity index (χ3n) is 3.39. The van der Waals surface area contributed by atoms with Crippen LogP contribution in [-0.2, 0) is 9.59 Å². The fourth-order valence-corrected chi connectivity index (χ4v) is 3.15. The second-order valence-corrected chi connectivity index (χ2v) is 6.47. The Bertz CT molecular complexity index is 792. The summed E-state index contributed by atoms with van der Waals surface area (Å²) in [5.41, 5.74) is 1.63. The summed E-state index contributed by atoms with van der Waals surface area (Å²) < 4.78 is 0. The predicted octanol–water partition coefficient (Wildman–Crippen LogP) is 2.64. The third kappa shape index (κ3) is 3.99. The van der Waals surface area contributed by atoms with Crippen LogP contribution in [0.15, 0.2) is 53.7 Å². The van der Waals surface area contributed by atoms with Gasteiger partial charge in [-0.15, -0.1) is 0 Å². The van der Waals surface area contributed by atoms with Gasteiger partial charge in [-0.25, -0.2) is 9.98 Å². The highest BCUT2D eigenvalue weighted by atomic mass is 32.2. The molecule has 1 fully saturated rings. The summed E-state index contributed by atoms with van der Waals surface area (Å²) in [7, 11) is 0. The summed E-state index contributed by atoms with van der Waals surface area (Å²) in [6, 6.07) is 12.9. The quantitative estimate of drug-likeness (QED) is 0.896. The highest BCUT2D eigenvalue weighted by molar-refractivity contribution is 8.15. The summed E-state index contributed by atoms with van der Waals surface area (Å²) in [6.45, 7) is 1.90. The number of amidine groups is 1. The third-order valence-corrected chi connectivity index (χ3v) is 4.48. The standard InChI is InChI=1S/C17H16N4O2S/c1-11-6-5-9-18-15(11)20-17-21-16(23)13(24-17)10-14(22)19-12-7-3-2-4-8-12/h2-9,13H,10H2,1H3,(H,19,22)(H,18,20,21,23). The first-order valence-corrected chi connectivity index (χ1v) is 8.32. The van der Waals surface area contributed by atoms with Crippen LogP contribution in [0.3, 0.4) is 0 Å². The van der Waals surface area contributed by atoms with Gasteiger partial charge in [0.25, 0.3) is 0 Å². The van der Waals surface area contributed by atoms with Crippen LogP contribution in [0.5, 0.6) is 0 Å². The smallest absolute Gasteiger partial charge is 0.240 e. The summed E-state index contributed by atoms with van der Waals surface area (Å²) in [6.07, 6.45) is 1.74. The number of rotatable bonds is 4. The van der Waals surface area contributed by atoms with E-state index in [1.165, 1.54) is 11.8 Å². The maximum absolute atomic E-state index is 12.1. The van der Waals surface area contributed by atoms with Crippen molar-refractivity contribution in [1.29, 1.82) is 0 Å². The fourth-order valence-electron chi connectivity index (χ4n) is 2.18. The van der Waals surface area contributed by atoms with Crippen molar-refractivity contribution in [3.8, 4) is 0 Å². The van der Waals surface area contributed by atoms with Crippen molar-refractivity contribution >= 4 is 40.2 Å². The molecule has 0 aliphatic carbocycles. The highest BCUT2D eigenvalue weighted by Crippen LogP contribution is 2.25. The van der Waals surface area contributed by atoms with E-state index in [1.807, 2.05) is 37.3 Å². The number of aliphatic imine (C=N–C) groups is 1. The molecule has 3 rings (SSSR count). The van der Waals surface area contributed by atoms with Crippen LogP contribution in [0.25, 0.3) is 0 Å². The van der Waals surface area contributed by atoms with Gasteiger partial charge in [-0.05, 0) is 30.7 Å². The Morgan fingerprint density at radius 1 is 1.29 bits per heavy atom. The molecule has 24 heavy (non-hydrogen) atoms. The number of carbonyl (C=O) groups excluding carboxylic acids is 2. The molecular formula is C17H16N4O2S. The zero-order chi connectivity index (χ0) is 16.9.